The number of halogens is 1. The van der Waals surface area contributed by atoms with Crippen molar-refractivity contribution in [1.29, 1.82) is 0 Å². The maximum absolute atomic E-state index is 10.6. The standard InChI is InChI=1S/C12H11ClN2O3/c1-8(16)17-7-6-11-14-15-12(18-11)9-2-4-10(13)5-3-9/h2-5H,6-7H2,1H3. The van der Waals surface area contributed by atoms with Crippen molar-refractivity contribution in [3.05, 3.63) is 35.2 Å². The summed E-state index contributed by atoms with van der Waals surface area (Å²) in [7, 11) is 0. The zero-order valence-corrected chi connectivity index (χ0v) is 10.5. The van der Waals surface area contributed by atoms with E-state index in [1.807, 2.05) is 0 Å². The molecule has 0 fully saturated rings. The van der Waals surface area contributed by atoms with E-state index in [-0.39, 0.29) is 12.6 Å². The van der Waals surface area contributed by atoms with E-state index in [0.29, 0.717) is 23.2 Å². The van der Waals surface area contributed by atoms with E-state index in [1.54, 1.807) is 24.3 Å². The minimum absolute atomic E-state index is 0.234. The summed E-state index contributed by atoms with van der Waals surface area (Å²) in [5.41, 5.74) is 0.797. The number of aromatic nitrogens is 2. The fourth-order valence-electron chi connectivity index (χ4n) is 1.35. The number of nitrogens with zero attached hydrogens (tertiary/aromatic N) is 2. The summed E-state index contributed by atoms with van der Waals surface area (Å²) in [4.78, 5) is 10.6. The fraction of sp³-hybridized carbons (Fsp3) is 0.250. The molecule has 94 valence electrons. The largest absolute Gasteiger partial charge is 0.465 e. The first-order valence-electron chi connectivity index (χ1n) is 5.37. The minimum Gasteiger partial charge on any atom is -0.465 e. The maximum Gasteiger partial charge on any atom is 0.302 e. The number of hydrogen-bond donors (Lipinski definition) is 0. The van der Waals surface area contributed by atoms with Gasteiger partial charge in [-0.25, -0.2) is 0 Å². The van der Waals surface area contributed by atoms with Crippen molar-refractivity contribution in [3.8, 4) is 11.5 Å². The number of hydrogen-bond acceptors (Lipinski definition) is 5. The molecule has 2 aromatic rings. The van der Waals surface area contributed by atoms with Crippen LogP contribution in [-0.4, -0.2) is 22.8 Å². The van der Waals surface area contributed by atoms with Gasteiger partial charge in [0, 0.05) is 17.5 Å². The highest BCUT2D eigenvalue weighted by molar-refractivity contribution is 6.30. The number of esters is 1. The Morgan fingerprint density at radius 3 is 2.72 bits per heavy atom. The number of ether oxygens (including phenoxy) is 1. The van der Waals surface area contributed by atoms with Gasteiger partial charge < -0.3 is 9.15 Å². The monoisotopic (exact) mass is 266 g/mol. The van der Waals surface area contributed by atoms with Gasteiger partial charge in [-0.3, -0.25) is 4.79 Å². The number of benzene rings is 1. The normalized spacial score (nSPS) is 10.3. The SMILES string of the molecule is CC(=O)OCCc1nnc(-c2ccc(Cl)cc2)o1. The Hall–Kier alpha value is -1.88. The van der Waals surface area contributed by atoms with Gasteiger partial charge in [0.2, 0.25) is 11.8 Å². The van der Waals surface area contributed by atoms with Gasteiger partial charge >= 0.3 is 5.97 Å². The molecule has 0 aliphatic rings. The summed E-state index contributed by atoms with van der Waals surface area (Å²) in [5.74, 6) is 0.526. The van der Waals surface area contributed by atoms with Gasteiger partial charge in [-0.15, -0.1) is 10.2 Å². The molecule has 0 amide bonds. The third kappa shape index (κ3) is 3.30. The second-order valence-corrected chi connectivity index (χ2v) is 4.03. The lowest BCUT2D eigenvalue weighted by Crippen LogP contribution is -2.03. The molecular formula is C12H11ClN2O3. The molecule has 0 saturated carbocycles. The van der Waals surface area contributed by atoms with Crippen molar-refractivity contribution in [3.63, 3.8) is 0 Å². The minimum atomic E-state index is -0.326. The van der Waals surface area contributed by atoms with Crippen molar-refractivity contribution >= 4 is 17.6 Å². The van der Waals surface area contributed by atoms with Crippen LogP contribution >= 0.6 is 11.6 Å². The zero-order chi connectivity index (χ0) is 13.0. The van der Waals surface area contributed by atoms with E-state index < -0.39 is 0 Å². The quantitative estimate of drug-likeness (QED) is 0.796. The molecule has 0 N–H and O–H groups in total. The predicted molar refractivity (Wildman–Crippen MR) is 65.1 cm³/mol. The summed E-state index contributed by atoms with van der Waals surface area (Å²) >= 11 is 5.79. The Balaban J connectivity index is 2.01. The predicted octanol–water partition coefficient (Wildman–Crippen LogP) is 2.50. The number of carbonyl (C=O) groups is 1. The average molecular weight is 267 g/mol. The lowest BCUT2D eigenvalue weighted by molar-refractivity contribution is -0.140. The third-order valence-electron chi connectivity index (χ3n) is 2.18. The number of carbonyl (C=O) groups excluding carboxylic acids is 1. The molecule has 1 aromatic heterocycles. The van der Waals surface area contributed by atoms with Crippen LogP contribution in [0.1, 0.15) is 12.8 Å². The Labute approximate surface area is 109 Å². The highest BCUT2D eigenvalue weighted by Gasteiger charge is 2.08. The van der Waals surface area contributed by atoms with Crippen molar-refractivity contribution in [1.82, 2.24) is 10.2 Å². The molecule has 18 heavy (non-hydrogen) atoms. The Kier molecular flexibility index (Phi) is 3.94. The average Bonchev–Trinajstić information content (AvgIpc) is 2.78. The van der Waals surface area contributed by atoms with Crippen molar-refractivity contribution in [2.45, 2.75) is 13.3 Å². The van der Waals surface area contributed by atoms with E-state index in [1.165, 1.54) is 6.92 Å². The third-order valence-corrected chi connectivity index (χ3v) is 2.43. The van der Waals surface area contributed by atoms with Crippen LogP contribution in [0.4, 0.5) is 0 Å². The molecule has 1 heterocycles. The highest BCUT2D eigenvalue weighted by atomic mass is 35.5. The maximum atomic E-state index is 10.6. The molecule has 0 aliphatic carbocycles. The van der Waals surface area contributed by atoms with Gasteiger partial charge in [-0.05, 0) is 24.3 Å². The molecule has 6 heteroatoms. The van der Waals surface area contributed by atoms with Gasteiger partial charge in [-0.1, -0.05) is 11.6 Å². The zero-order valence-electron chi connectivity index (χ0n) is 9.72. The molecule has 0 spiro atoms. The van der Waals surface area contributed by atoms with E-state index in [4.69, 9.17) is 20.8 Å². The van der Waals surface area contributed by atoms with Crippen LogP contribution in [0.5, 0.6) is 0 Å². The summed E-state index contributed by atoms with van der Waals surface area (Å²) < 4.78 is 10.2. The van der Waals surface area contributed by atoms with Crippen molar-refractivity contribution in [2.24, 2.45) is 0 Å². The lowest BCUT2D eigenvalue weighted by Gasteiger charge is -1.97. The molecule has 0 unspecified atom stereocenters. The van der Waals surface area contributed by atoms with Gasteiger partial charge in [0.1, 0.15) is 6.61 Å². The van der Waals surface area contributed by atoms with E-state index in [0.717, 1.165) is 5.56 Å². The van der Waals surface area contributed by atoms with Crippen LogP contribution in [0.2, 0.25) is 5.02 Å². The van der Waals surface area contributed by atoms with Crippen LogP contribution in [0, 0.1) is 0 Å². The second kappa shape index (κ2) is 5.64. The first-order chi connectivity index (χ1) is 8.65. The molecule has 0 saturated heterocycles. The van der Waals surface area contributed by atoms with Gasteiger partial charge in [0.15, 0.2) is 0 Å². The summed E-state index contributed by atoms with van der Waals surface area (Å²) in [6.45, 7) is 1.59. The van der Waals surface area contributed by atoms with Crippen LogP contribution in [0.15, 0.2) is 28.7 Å². The first-order valence-corrected chi connectivity index (χ1v) is 5.74. The topological polar surface area (TPSA) is 65.2 Å². The van der Waals surface area contributed by atoms with Crippen LogP contribution < -0.4 is 0 Å². The molecule has 0 atom stereocenters. The summed E-state index contributed by atoms with van der Waals surface area (Å²) in [5, 5.41) is 8.43. The van der Waals surface area contributed by atoms with Crippen molar-refractivity contribution < 1.29 is 13.9 Å². The molecule has 0 radical (unpaired) electrons. The Morgan fingerprint density at radius 1 is 1.33 bits per heavy atom. The summed E-state index contributed by atoms with van der Waals surface area (Å²) in [6, 6.07) is 7.09. The van der Waals surface area contributed by atoms with Gasteiger partial charge in [0.05, 0.1) is 6.42 Å². The van der Waals surface area contributed by atoms with E-state index in [2.05, 4.69) is 10.2 Å². The second-order valence-electron chi connectivity index (χ2n) is 3.60. The molecular weight excluding hydrogens is 256 g/mol. The van der Waals surface area contributed by atoms with Gasteiger partial charge in [-0.2, -0.15) is 0 Å². The summed E-state index contributed by atoms with van der Waals surface area (Å²) in [6.07, 6.45) is 0.403. The fourth-order valence-corrected chi connectivity index (χ4v) is 1.47. The highest BCUT2D eigenvalue weighted by Crippen LogP contribution is 2.20. The van der Waals surface area contributed by atoms with Gasteiger partial charge in [0.25, 0.3) is 0 Å². The Bertz CT molecular complexity index is 537. The van der Waals surface area contributed by atoms with Crippen LogP contribution in [0.3, 0.4) is 0 Å². The molecule has 1 aromatic carbocycles. The molecule has 0 bridgehead atoms. The molecule has 0 aliphatic heterocycles. The number of rotatable bonds is 4. The van der Waals surface area contributed by atoms with E-state index >= 15 is 0 Å². The lowest BCUT2D eigenvalue weighted by atomic mass is 10.2. The Morgan fingerprint density at radius 2 is 2.06 bits per heavy atom. The molecule has 5 nitrogen and oxygen atoms in total. The molecule has 2 rings (SSSR count). The van der Waals surface area contributed by atoms with Crippen LogP contribution in [-0.2, 0) is 16.0 Å². The first kappa shape index (κ1) is 12.6. The van der Waals surface area contributed by atoms with Crippen molar-refractivity contribution in [2.75, 3.05) is 6.61 Å². The smallest absolute Gasteiger partial charge is 0.302 e. The van der Waals surface area contributed by atoms with E-state index in [9.17, 15) is 4.79 Å². The van der Waals surface area contributed by atoms with Crippen LogP contribution in [0.25, 0.3) is 11.5 Å².